The van der Waals surface area contributed by atoms with Gasteiger partial charge in [-0.05, 0) is 6.42 Å². The van der Waals surface area contributed by atoms with Crippen LogP contribution in [0.2, 0.25) is 0 Å². The Morgan fingerprint density at radius 3 is 2.36 bits per heavy atom. The van der Waals surface area contributed by atoms with Gasteiger partial charge < -0.3 is 15.5 Å². The smallest absolute Gasteiger partial charge is 0.394 e. The first-order valence-electron chi connectivity index (χ1n) is 3.26. The molecule has 0 unspecified atom stereocenters. The van der Waals surface area contributed by atoms with Gasteiger partial charge in [0.1, 0.15) is 0 Å². The van der Waals surface area contributed by atoms with Crippen LogP contribution in [0.1, 0.15) is 13.3 Å². The highest BCUT2D eigenvalue weighted by molar-refractivity contribution is 6.31. The summed E-state index contributed by atoms with van der Waals surface area (Å²) in [6.45, 7) is 1.50. The van der Waals surface area contributed by atoms with E-state index < -0.39 is 17.9 Å². The van der Waals surface area contributed by atoms with Crippen molar-refractivity contribution in [3.05, 3.63) is 0 Å². The molecule has 5 nitrogen and oxygen atoms in total. The molecule has 0 aromatic carbocycles. The molecule has 0 aromatic rings. The molecular weight excluding hydrogens is 150 g/mol. The Hall–Kier alpha value is -1.10. The third kappa shape index (κ3) is 3.57. The summed E-state index contributed by atoms with van der Waals surface area (Å²) in [5.41, 5.74) is 0. The van der Waals surface area contributed by atoms with Gasteiger partial charge in [-0.15, -0.1) is 0 Å². The number of nitrogens with one attached hydrogen (secondary N) is 1. The summed E-state index contributed by atoms with van der Waals surface area (Å²) in [5.74, 6) is -2.61. The van der Waals surface area contributed by atoms with Crippen molar-refractivity contribution in [3.8, 4) is 0 Å². The SMILES string of the molecule is CC[C@@H](CO)NC(=O)C(=O)O. The van der Waals surface area contributed by atoms with Gasteiger partial charge in [0.05, 0.1) is 12.6 Å². The number of carboxylic acid groups (broad SMARTS) is 1. The number of aliphatic hydroxyl groups is 1. The quantitative estimate of drug-likeness (QED) is 0.461. The lowest BCUT2D eigenvalue weighted by Crippen LogP contribution is -2.40. The number of aliphatic carboxylic acids is 1. The minimum atomic E-state index is -1.53. The summed E-state index contributed by atoms with van der Waals surface area (Å²) in [5, 5.41) is 18.8. The minimum Gasteiger partial charge on any atom is -0.474 e. The molecule has 0 bridgehead atoms. The zero-order chi connectivity index (χ0) is 8.85. The number of hydrogen-bond donors (Lipinski definition) is 3. The second-order valence-corrected chi connectivity index (χ2v) is 2.07. The first-order chi connectivity index (χ1) is 5.11. The Morgan fingerprint density at radius 2 is 2.09 bits per heavy atom. The van der Waals surface area contributed by atoms with E-state index >= 15 is 0 Å². The molecule has 0 saturated carbocycles. The Bertz CT molecular complexity index is 153. The van der Waals surface area contributed by atoms with Gasteiger partial charge in [0.2, 0.25) is 0 Å². The molecule has 0 aromatic heterocycles. The number of rotatable bonds is 3. The van der Waals surface area contributed by atoms with Crippen LogP contribution in [0.15, 0.2) is 0 Å². The lowest BCUT2D eigenvalue weighted by atomic mass is 10.2. The summed E-state index contributed by atoms with van der Waals surface area (Å²) in [6, 6.07) is -0.460. The van der Waals surface area contributed by atoms with E-state index in [-0.39, 0.29) is 6.61 Å². The number of hydrogen-bond acceptors (Lipinski definition) is 3. The van der Waals surface area contributed by atoms with Crippen molar-refractivity contribution in [1.82, 2.24) is 5.32 Å². The summed E-state index contributed by atoms with van der Waals surface area (Å²) < 4.78 is 0. The fraction of sp³-hybridized carbons (Fsp3) is 0.667. The van der Waals surface area contributed by atoms with Crippen LogP contribution in [0.3, 0.4) is 0 Å². The fourth-order valence-electron chi connectivity index (χ4n) is 0.524. The lowest BCUT2D eigenvalue weighted by molar-refractivity contribution is -0.150. The molecule has 0 heterocycles. The molecule has 5 heteroatoms. The fourth-order valence-corrected chi connectivity index (χ4v) is 0.524. The van der Waals surface area contributed by atoms with Crippen LogP contribution in [0.4, 0.5) is 0 Å². The first kappa shape index (κ1) is 9.90. The van der Waals surface area contributed by atoms with Crippen LogP contribution in [0.5, 0.6) is 0 Å². The zero-order valence-electron chi connectivity index (χ0n) is 6.20. The van der Waals surface area contributed by atoms with Crippen molar-refractivity contribution in [2.45, 2.75) is 19.4 Å². The van der Waals surface area contributed by atoms with E-state index in [1.807, 2.05) is 0 Å². The molecular formula is C6H11NO4. The van der Waals surface area contributed by atoms with Crippen molar-refractivity contribution in [2.24, 2.45) is 0 Å². The summed E-state index contributed by atoms with van der Waals surface area (Å²) in [4.78, 5) is 20.4. The van der Waals surface area contributed by atoms with E-state index in [0.29, 0.717) is 6.42 Å². The molecule has 3 N–H and O–H groups in total. The molecule has 1 atom stereocenters. The third-order valence-corrected chi connectivity index (χ3v) is 1.24. The monoisotopic (exact) mass is 161 g/mol. The Morgan fingerprint density at radius 1 is 1.55 bits per heavy atom. The van der Waals surface area contributed by atoms with Gasteiger partial charge in [-0.1, -0.05) is 6.92 Å². The van der Waals surface area contributed by atoms with Gasteiger partial charge in [-0.25, -0.2) is 4.79 Å². The van der Waals surface area contributed by atoms with Crippen molar-refractivity contribution in [1.29, 1.82) is 0 Å². The molecule has 0 radical (unpaired) electrons. The minimum absolute atomic E-state index is 0.241. The van der Waals surface area contributed by atoms with Crippen LogP contribution in [0.25, 0.3) is 0 Å². The van der Waals surface area contributed by atoms with Gasteiger partial charge in [0, 0.05) is 0 Å². The maximum atomic E-state index is 10.4. The van der Waals surface area contributed by atoms with E-state index in [1.54, 1.807) is 6.92 Å². The number of amides is 1. The molecule has 0 spiro atoms. The molecule has 0 fully saturated rings. The zero-order valence-corrected chi connectivity index (χ0v) is 6.20. The maximum Gasteiger partial charge on any atom is 0.394 e. The molecule has 0 aliphatic rings. The van der Waals surface area contributed by atoms with Crippen molar-refractivity contribution >= 4 is 11.9 Å². The molecule has 64 valence electrons. The molecule has 1 amide bonds. The number of carbonyl (C=O) groups is 2. The van der Waals surface area contributed by atoms with Gasteiger partial charge in [-0.3, -0.25) is 4.79 Å². The van der Waals surface area contributed by atoms with E-state index in [2.05, 4.69) is 5.32 Å². The van der Waals surface area contributed by atoms with Crippen LogP contribution in [-0.4, -0.2) is 34.7 Å². The second-order valence-electron chi connectivity index (χ2n) is 2.07. The third-order valence-electron chi connectivity index (χ3n) is 1.24. The average molecular weight is 161 g/mol. The maximum absolute atomic E-state index is 10.4. The van der Waals surface area contributed by atoms with Crippen molar-refractivity contribution in [3.63, 3.8) is 0 Å². The van der Waals surface area contributed by atoms with E-state index in [0.717, 1.165) is 0 Å². The van der Waals surface area contributed by atoms with Gasteiger partial charge in [0.15, 0.2) is 0 Å². The Balaban J connectivity index is 3.81. The molecule has 0 aliphatic heterocycles. The predicted molar refractivity (Wildman–Crippen MR) is 36.9 cm³/mol. The summed E-state index contributed by atoms with van der Waals surface area (Å²) in [6.07, 6.45) is 0.509. The van der Waals surface area contributed by atoms with Gasteiger partial charge in [0.25, 0.3) is 0 Å². The molecule has 0 aliphatic carbocycles. The highest BCUT2D eigenvalue weighted by Gasteiger charge is 2.14. The highest BCUT2D eigenvalue weighted by Crippen LogP contribution is 1.87. The van der Waals surface area contributed by atoms with Crippen LogP contribution in [0, 0.1) is 0 Å². The predicted octanol–water partition coefficient (Wildman–Crippen LogP) is -1.04. The van der Waals surface area contributed by atoms with Gasteiger partial charge in [-0.2, -0.15) is 0 Å². The topological polar surface area (TPSA) is 86.6 Å². The number of carbonyl (C=O) groups excluding carboxylic acids is 1. The van der Waals surface area contributed by atoms with E-state index in [4.69, 9.17) is 10.2 Å². The first-order valence-corrected chi connectivity index (χ1v) is 3.26. The average Bonchev–Trinajstić information content (AvgIpc) is 1.99. The van der Waals surface area contributed by atoms with E-state index in [1.165, 1.54) is 0 Å². The Kier molecular flexibility index (Phi) is 4.21. The van der Waals surface area contributed by atoms with Gasteiger partial charge >= 0.3 is 11.9 Å². The Labute approximate surface area is 64.0 Å². The number of aliphatic hydroxyl groups excluding tert-OH is 1. The van der Waals surface area contributed by atoms with Crippen LogP contribution < -0.4 is 5.32 Å². The molecule has 11 heavy (non-hydrogen) atoms. The van der Waals surface area contributed by atoms with Crippen molar-refractivity contribution < 1.29 is 19.8 Å². The standard InChI is InChI=1S/C6H11NO4/c1-2-4(3-8)7-5(9)6(10)11/h4,8H,2-3H2,1H3,(H,7,9)(H,10,11)/t4-/m0/s1. The van der Waals surface area contributed by atoms with E-state index in [9.17, 15) is 9.59 Å². The van der Waals surface area contributed by atoms with Crippen LogP contribution in [-0.2, 0) is 9.59 Å². The highest BCUT2D eigenvalue weighted by atomic mass is 16.4. The van der Waals surface area contributed by atoms with Crippen LogP contribution >= 0.6 is 0 Å². The molecule has 0 rings (SSSR count). The lowest BCUT2D eigenvalue weighted by Gasteiger charge is -2.10. The summed E-state index contributed by atoms with van der Waals surface area (Å²) >= 11 is 0. The normalized spacial score (nSPS) is 12.2. The second kappa shape index (κ2) is 4.68. The summed E-state index contributed by atoms with van der Waals surface area (Å²) in [7, 11) is 0. The molecule has 0 saturated heterocycles. The van der Waals surface area contributed by atoms with Crippen molar-refractivity contribution in [2.75, 3.05) is 6.61 Å². The largest absolute Gasteiger partial charge is 0.474 e. The number of carboxylic acids is 1.